The first kappa shape index (κ1) is 14.8. The van der Waals surface area contributed by atoms with Gasteiger partial charge in [0.05, 0.1) is 42.8 Å². The highest BCUT2D eigenvalue weighted by molar-refractivity contribution is 5.78. The molecule has 0 radical (unpaired) electrons. The van der Waals surface area contributed by atoms with Crippen LogP contribution in [0.5, 0.6) is 11.5 Å². The Morgan fingerprint density at radius 1 is 1.04 bits per heavy atom. The molecule has 2 aromatic rings. The number of hydrogen-bond acceptors (Lipinski definition) is 5. The van der Waals surface area contributed by atoms with Gasteiger partial charge in [-0.1, -0.05) is 29.4 Å². The molecule has 1 fully saturated rings. The van der Waals surface area contributed by atoms with Gasteiger partial charge in [-0.25, -0.2) is 0 Å². The van der Waals surface area contributed by atoms with Crippen LogP contribution < -0.4 is 9.64 Å². The maximum Gasteiger partial charge on any atom is 0.151 e. The molecule has 2 aliphatic heterocycles. The number of hydrogen-bond donors (Lipinski definition) is 1. The minimum Gasteiger partial charge on any atom is -0.453 e. The second kappa shape index (κ2) is 6.05. The zero-order valence-electron chi connectivity index (χ0n) is 12.8. The fourth-order valence-corrected chi connectivity index (χ4v) is 3.25. The lowest BCUT2D eigenvalue weighted by Crippen LogP contribution is -2.54. The summed E-state index contributed by atoms with van der Waals surface area (Å²) in [5.74, 6) is 1.43. The standard InChI is InChI=1S/C17H16N4O3/c18-20-19-11-9-23-10-14(17(11)22)21-12-5-1-3-7-15(12)24-16-8-4-2-6-13(16)21/h1-8,11,14,17,22H,9-10H2/t11?,14?,17-/m1/s1. The van der Waals surface area contributed by atoms with Crippen LogP contribution in [0.3, 0.4) is 0 Å². The Morgan fingerprint density at radius 3 is 2.29 bits per heavy atom. The molecule has 1 saturated heterocycles. The normalized spacial score (nSPS) is 25.0. The number of aliphatic hydroxyl groups excluding tert-OH is 1. The Hall–Kier alpha value is -2.73. The third-order valence-corrected chi connectivity index (χ3v) is 4.37. The van der Waals surface area contributed by atoms with E-state index in [1.807, 2.05) is 53.4 Å². The van der Waals surface area contributed by atoms with Crippen LogP contribution in [0.2, 0.25) is 0 Å². The molecule has 4 rings (SSSR count). The second-order valence-corrected chi connectivity index (χ2v) is 5.78. The van der Waals surface area contributed by atoms with E-state index < -0.39 is 12.1 Å². The van der Waals surface area contributed by atoms with Crippen LogP contribution in [0.25, 0.3) is 10.4 Å². The summed E-state index contributed by atoms with van der Waals surface area (Å²) < 4.78 is 11.6. The fraction of sp³-hybridized carbons (Fsp3) is 0.294. The zero-order valence-corrected chi connectivity index (χ0v) is 12.8. The summed E-state index contributed by atoms with van der Waals surface area (Å²) in [5.41, 5.74) is 10.4. The van der Waals surface area contributed by atoms with Gasteiger partial charge in [-0.2, -0.15) is 0 Å². The van der Waals surface area contributed by atoms with E-state index in [1.165, 1.54) is 0 Å². The monoisotopic (exact) mass is 324 g/mol. The van der Waals surface area contributed by atoms with Crippen molar-refractivity contribution in [2.24, 2.45) is 5.11 Å². The van der Waals surface area contributed by atoms with Gasteiger partial charge in [0, 0.05) is 4.91 Å². The van der Waals surface area contributed by atoms with E-state index in [2.05, 4.69) is 10.0 Å². The van der Waals surface area contributed by atoms with Gasteiger partial charge >= 0.3 is 0 Å². The number of nitrogens with zero attached hydrogens (tertiary/aromatic N) is 4. The summed E-state index contributed by atoms with van der Waals surface area (Å²) in [6.07, 6.45) is -0.839. The summed E-state index contributed by atoms with van der Waals surface area (Å²) in [6, 6.07) is 14.3. The van der Waals surface area contributed by atoms with E-state index in [1.54, 1.807) is 0 Å². The molecule has 0 spiro atoms. The largest absolute Gasteiger partial charge is 0.453 e. The second-order valence-electron chi connectivity index (χ2n) is 5.78. The number of anilines is 2. The van der Waals surface area contributed by atoms with Crippen LogP contribution in [-0.4, -0.2) is 36.5 Å². The summed E-state index contributed by atoms with van der Waals surface area (Å²) in [6.45, 7) is 0.552. The molecule has 2 heterocycles. The van der Waals surface area contributed by atoms with Crippen molar-refractivity contribution in [3.05, 3.63) is 59.0 Å². The summed E-state index contributed by atoms with van der Waals surface area (Å²) >= 11 is 0. The predicted octanol–water partition coefficient (Wildman–Crippen LogP) is 3.37. The van der Waals surface area contributed by atoms with Gasteiger partial charge in [0.25, 0.3) is 0 Å². The first-order valence-electron chi connectivity index (χ1n) is 7.75. The minimum absolute atomic E-state index is 0.218. The maximum absolute atomic E-state index is 10.7. The maximum atomic E-state index is 10.7. The van der Waals surface area contributed by atoms with E-state index in [-0.39, 0.29) is 12.6 Å². The molecular weight excluding hydrogens is 308 g/mol. The highest BCUT2D eigenvalue weighted by Crippen LogP contribution is 2.48. The molecule has 0 aliphatic carbocycles. The summed E-state index contributed by atoms with van der Waals surface area (Å²) in [5, 5.41) is 14.4. The summed E-state index contributed by atoms with van der Waals surface area (Å²) in [7, 11) is 0. The molecule has 7 heteroatoms. The van der Waals surface area contributed by atoms with Crippen LogP contribution in [0, 0.1) is 0 Å². The SMILES string of the molecule is [N-]=[N+]=NC1COCC(N2c3ccccc3Oc3ccccc32)[C@@H]1O. The van der Waals surface area contributed by atoms with Crippen LogP contribution in [0.1, 0.15) is 0 Å². The highest BCUT2D eigenvalue weighted by atomic mass is 16.5. The van der Waals surface area contributed by atoms with Crippen molar-refractivity contribution in [1.29, 1.82) is 0 Å². The molecule has 2 unspecified atom stereocenters. The molecule has 0 saturated carbocycles. The van der Waals surface area contributed by atoms with Crippen molar-refractivity contribution >= 4 is 11.4 Å². The summed E-state index contributed by atoms with van der Waals surface area (Å²) in [4.78, 5) is 4.83. The van der Waals surface area contributed by atoms with Gasteiger partial charge in [0.1, 0.15) is 0 Å². The Bertz CT molecular complexity index is 760. The lowest BCUT2D eigenvalue weighted by molar-refractivity contribution is -0.0193. The predicted molar refractivity (Wildman–Crippen MR) is 88.6 cm³/mol. The molecule has 2 aliphatic rings. The molecule has 2 aromatic carbocycles. The van der Waals surface area contributed by atoms with Crippen molar-refractivity contribution in [3.63, 3.8) is 0 Å². The number of ether oxygens (including phenoxy) is 2. The van der Waals surface area contributed by atoms with Crippen molar-refractivity contribution in [2.45, 2.75) is 18.2 Å². The molecule has 122 valence electrons. The molecule has 0 amide bonds. The Kier molecular flexibility index (Phi) is 3.74. The van der Waals surface area contributed by atoms with E-state index in [9.17, 15) is 5.11 Å². The lowest BCUT2D eigenvalue weighted by atomic mass is 9.98. The number of fused-ring (bicyclic) bond motifs is 2. The van der Waals surface area contributed by atoms with Crippen LogP contribution >= 0.6 is 0 Å². The number of aliphatic hydroxyl groups is 1. The minimum atomic E-state index is -0.839. The Balaban J connectivity index is 1.81. The molecule has 7 nitrogen and oxygen atoms in total. The lowest BCUT2D eigenvalue weighted by Gasteiger charge is -2.43. The van der Waals surface area contributed by atoms with Crippen molar-refractivity contribution in [2.75, 3.05) is 18.1 Å². The third-order valence-electron chi connectivity index (χ3n) is 4.37. The van der Waals surface area contributed by atoms with Gasteiger partial charge < -0.3 is 19.5 Å². The van der Waals surface area contributed by atoms with Crippen molar-refractivity contribution < 1.29 is 14.6 Å². The van der Waals surface area contributed by atoms with Crippen LogP contribution in [-0.2, 0) is 4.74 Å². The average Bonchev–Trinajstić information content (AvgIpc) is 2.62. The van der Waals surface area contributed by atoms with E-state index in [4.69, 9.17) is 15.0 Å². The van der Waals surface area contributed by atoms with Gasteiger partial charge in [-0.15, -0.1) is 0 Å². The quantitative estimate of drug-likeness (QED) is 0.521. The zero-order chi connectivity index (χ0) is 16.5. The van der Waals surface area contributed by atoms with E-state index in [0.29, 0.717) is 18.1 Å². The number of azide groups is 1. The Morgan fingerprint density at radius 2 is 1.67 bits per heavy atom. The molecule has 0 bridgehead atoms. The van der Waals surface area contributed by atoms with Crippen LogP contribution in [0.15, 0.2) is 53.6 Å². The topological polar surface area (TPSA) is 90.7 Å². The number of para-hydroxylation sites is 4. The Labute approximate surface area is 138 Å². The smallest absolute Gasteiger partial charge is 0.151 e. The number of benzene rings is 2. The van der Waals surface area contributed by atoms with Crippen molar-refractivity contribution in [3.8, 4) is 11.5 Å². The fourth-order valence-electron chi connectivity index (χ4n) is 3.25. The number of rotatable bonds is 2. The van der Waals surface area contributed by atoms with Gasteiger partial charge in [-0.05, 0) is 29.8 Å². The van der Waals surface area contributed by atoms with Gasteiger partial charge in [-0.3, -0.25) is 0 Å². The molecule has 0 aromatic heterocycles. The van der Waals surface area contributed by atoms with Gasteiger partial charge in [0.15, 0.2) is 11.5 Å². The average molecular weight is 324 g/mol. The van der Waals surface area contributed by atoms with Gasteiger partial charge in [0.2, 0.25) is 0 Å². The van der Waals surface area contributed by atoms with Crippen LogP contribution in [0.4, 0.5) is 11.4 Å². The molecule has 1 N–H and O–H groups in total. The van der Waals surface area contributed by atoms with E-state index in [0.717, 1.165) is 11.4 Å². The highest BCUT2D eigenvalue weighted by Gasteiger charge is 2.39. The first-order chi connectivity index (χ1) is 11.8. The van der Waals surface area contributed by atoms with E-state index >= 15 is 0 Å². The first-order valence-corrected chi connectivity index (χ1v) is 7.75. The molecule has 3 atom stereocenters. The third kappa shape index (κ3) is 2.35. The molecular formula is C17H16N4O3. The van der Waals surface area contributed by atoms with Crippen molar-refractivity contribution in [1.82, 2.24) is 0 Å². The molecule has 24 heavy (non-hydrogen) atoms.